The highest BCUT2D eigenvalue weighted by Gasteiger charge is 2.18. The van der Waals surface area contributed by atoms with Gasteiger partial charge in [0.05, 0.1) is 6.61 Å². The van der Waals surface area contributed by atoms with E-state index in [0.29, 0.717) is 0 Å². The van der Waals surface area contributed by atoms with Gasteiger partial charge in [-0.2, -0.15) is 0 Å². The van der Waals surface area contributed by atoms with Crippen LogP contribution in [0, 0.1) is 0 Å². The Morgan fingerprint density at radius 3 is 2.89 bits per heavy atom. The van der Waals surface area contributed by atoms with Crippen LogP contribution in [0.25, 0.3) is 0 Å². The van der Waals surface area contributed by atoms with E-state index in [1.165, 1.54) is 24.1 Å². The Labute approximate surface area is 113 Å². The summed E-state index contributed by atoms with van der Waals surface area (Å²) in [4.78, 5) is 6.42. The minimum absolute atomic E-state index is 0.0296. The average molecular weight is 254 g/mol. The lowest BCUT2D eigenvalue weighted by Crippen LogP contribution is -2.19. The molecular formula is C16H18N2O. The first-order valence-corrected chi connectivity index (χ1v) is 6.79. The first kappa shape index (κ1) is 12.2. The highest BCUT2D eigenvalue weighted by atomic mass is 16.3. The largest absolute Gasteiger partial charge is 0.392 e. The molecule has 0 saturated carbocycles. The maximum Gasteiger partial charge on any atom is 0.0717 e. The first-order valence-electron chi connectivity index (χ1n) is 6.79. The Hall–Kier alpha value is -1.87. The predicted molar refractivity (Wildman–Crippen MR) is 76.5 cm³/mol. The number of aromatic nitrogens is 1. The van der Waals surface area contributed by atoms with Crippen molar-refractivity contribution >= 4 is 11.4 Å². The van der Waals surface area contributed by atoms with E-state index in [4.69, 9.17) is 0 Å². The summed E-state index contributed by atoms with van der Waals surface area (Å²) in [5, 5.41) is 9.50. The Kier molecular flexibility index (Phi) is 3.47. The Morgan fingerprint density at radius 2 is 2.00 bits per heavy atom. The lowest BCUT2D eigenvalue weighted by atomic mass is 10.1. The number of nitrogens with zero attached hydrogens (tertiary/aromatic N) is 2. The van der Waals surface area contributed by atoms with Gasteiger partial charge in [0.25, 0.3) is 0 Å². The molecule has 1 aromatic carbocycles. The molecule has 0 radical (unpaired) electrons. The molecule has 2 heterocycles. The maximum absolute atomic E-state index is 9.50. The van der Waals surface area contributed by atoms with Crippen LogP contribution >= 0.6 is 0 Å². The normalized spacial score (nSPS) is 14.9. The quantitative estimate of drug-likeness (QED) is 0.894. The Morgan fingerprint density at radius 1 is 1.11 bits per heavy atom. The number of fused-ring (bicyclic) bond motifs is 1. The lowest BCUT2D eigenvalue weighted by Gasteiger charge is -2.26. The molecule has 1 aliphatic heterocycles. The van der Waals surface area contributed by atoms with E-state index in [1.54, 1.807) is 12.4 Å². The van der Waals surface area contributed by atoms with Crippen LogP contribution in [0.15, 0.2) is 42.7 Å². The van der Waals surface area contributed by atoms with Crippen LogP contribution in [-0.2, 0) is 13.0 Å². The molecule has 2 aromatic rings. The average Bonchev–Trinajstić information content (AvgIpc) is 2.69. The third-order valence-corrected chi connectivity index (χ3v) is 3.70. The molecule has 98 valence electrons. The fourth-order valence-corrected chi connectivity index (χ4v) is 2.75. The molecule has 0 atom stereocenters. The highest BCUT2D eigenvalue weighted by molar-refractivity contribution is 5.69. The van der Waals surface area contributed by atoms with Gasteiger partial charge >= 0.3 is 0 Å². The van der Waals surface area contributed by atoms with Crippen molar-refractivity contribution in [1.82, 2.24) is 4.98 Å². The zero-order valence-electron chi connectivity index (χ0n) is 10.9. The van der Waals surface area contributed by atoms with Gasteiger partial charge in [0, 0.05) is 35.9 Å². The van der Waals surface area contributed by atoms with Crippen molar-refractivity contribution in [2.45, 2.75) is 25.9 Å². The van der Waals surface area contributed by atoms with Crippen LogP contribution in [-0.4, -0.2) is 16.6 Å². The summed E-state index contributed by atoms with van der Waals surface area (Å²) in [7, 11) is 0. The molecule has 1 aliphatic rings. The number of aliphatic hydroxyl groups excluding tert-OH is 1. The standard InChI is InChI=1S/C16H18N2O/c19-12-14-11-17-9-8-16(14)18-10-4-3-6-13-5-1-2-7-15(13)18/h1-2,5,7-9,11,19H,3-4,6,10,12H2. The zero-order valence-corrected chi connectivity index (χ0v) is 10.9. The van der Waals surface area contributed by atoms with Gasteiger partial charge in [-0.15, -0.1) is 0 Å². The summed E-state index contributed by atoms with van der Waals surface area (Å²) in [5.74, 6) is 0. The van der Waals surface area contributed by atoms with E-state index in [2.05, 4.69) is 34.1 Å². The number of aryl methyl sites for hydroxylation is 1. The smallest absolute Gasteiger partial charge is 0.0717 e. The van der Waals surface area contributed by atoms with E-state index < -0.39 is 0 Å². The molecule has 19 heavy (non-hydrogen) atoms. The van der Waals surface area contributed by atoms with Crippen LogP contribution in [0.5, 0.6) is 0 Å². The monoisotopic (exact) mass is 254 g/mol. The summed E-state index contributed by atoms with van der Waals surface area (Å²) < 4.78 is 0. The van der Waals surface area contributed by atoms with Gasteiger partial charge in [-0.05, 0) is 37.0 Å². The van der Waals surface area contributed by atoms with E-state index in [9.17, 15) is 5.11 Å². The van der Waals surface area contributed by atoms with Gasteiger partial charge in [-0.3, -0.25) is 4.98 Å². The second kappa shape index (κ2) is 5.41. The van der Waals surface area contributed by atoms with Crippen LogP contribution in [0.4, 0.5) is 11.4 Å². The Balaban J connectivity index is 2.09. The van der Waals surface area contributed by atoms with Gasteiger partial charge in [0.2, 0.25) is 0 Å². The second-order valence-corrected chi connectivity index (χ2v) is 4.90. The van der Waals surface area contributed by atoms with Crippen LogP contribution in [0.2, 0.25) is 0 Å². The number of benzene rings is 1. The number of aliphatic hydroxyl groups is 1. The number of anilines is 2. The van der Waals surface area contributed by atoms with E-state index in [1.807, 2.05) is 6.07 Å². The summed E-state index contributed by atoms with van der Waals surface area (Å²) >= 11 is 0. The van der Waals surface area contributed by atoms with Crippen molar-refractivity contribution in [1.29, 1.82) is 0 Å². The van der Waals surface area contributed by atoms with Crippen LogP contribution in [0.1, 0.15) is 24.0 Å². The number of rotatable bonds is 2. The van der Waals surface area contributed by atoms with Crippen LogP contribution in [0.3, 0.4) is 0 Å². The third-order valence-electron chi connectivity index (χ3n) is 3.70. The fourth-order valence-electron chi connectivity index (χ4n) is 2.75. The molecule has 0 amide bonds. The first-order chi connectivity index (χ1) is 9.40. The maximum atomic E-state index is 9.50. The van der Waals surface area contributed by atoms with Crippen molar-refractivity contribution in [2.75, 3.05) is 11.4 Å². The minimum Gasteiger partial charge on any atom is -0.392 e. The molecule has 0 aliphatic carbocycles. The minimum atomic E-state index is 0.0296. The van der Waals surface area contributed by atoms with Crippen molar-refractivity contribution in [3.05, 3.63) is 53.9 Å². The molecule has 0 bridgehead atoms. The SMILES string of the molecule is OCc1cnccc1N1CCCCc2ccccc21. The van der Waals surface area contributed by atoms with Crippen molar-refractivity contribution in [3.8, 4) is 0 Å². The van der Waals surface area contributed by atoms with Gasteiger partial charge in [0.15, 0.2) is 0 Å². The molecule has 0 saturated heterocycles. The van der Waals surface area contributed by atoms with Crippen molar-refractivity contribution < 1.29 is 5.11 Å². The molecule has 3 rings (SSSR count). The summed E-state index contributed by atoms with van der Waals surface area (Å²) in [6, 6.07) is 10.5. The summed E-state index contributed by atoms with van der Waals surface area (Å²) in [6.45, 7) is 1.02. The molecule has 1 N–H and O–H groups in total. The molecule has 0 unspecified atom stereocenters. The van der Waals surface area contributed by atoms with Gasteiger partial charge < -0.3 is 10.0 Å². The molecule has 3 heteroatoms. The van der Waals surface area contributed by atoms with Gasteiger partial charge in [0.1, 0.15) is 0 Å². The fraction of sp³-hybridized carbons (Fsp3) is 0.312. The highest BCUT2D eigenvalue weighted by Crippen LogP contribution is 2.34. The van der Waals surface area contributed by atoms with E-state index in [0.717, 1.165) is 24.2 Å². The molecule has 3 nitrogen and oxygen atoms in total. The topological polar surface area (TPSA) is 36.4 Å². The van der Waals surface area contributed by atoms with Crippen LogP contribution < -0.4 is 4.90 Å². The molecule has 0 spiro atoms. The number of para-hydroxylation sites is 1. The van der Waals surface area contributed by atoms with Crippen molar-refractivity contribution in [2.24, 2.45) is 0 Å². The summed E-state index contributed by atoms with van der Waals surface area (Å²) in [5.41, 5.74) is 4.62. The van der Waals surface area contributed by atoms with Gasteiger partial charge in [-0.1, -0.05) is 18.2 Å². The van der Waals surface area contributed by atoms with Crippen molar-refractivity contribution in [3.63, 3.8) is 0 Å². The van der Waals surface area contributed by atoms with Gasteiger partial charge in [-0.25, -0.2) is 0 Å². The lowest BCUT2D eigenvalue weighted by molar-refractivity contribution is 0.281. The molecular weight excluding hydrogens is 236 g/mol. The molecule has 1 aromatic heterocycles. The predicted octanol–water partition coefficient (Wildman–Crippen LogP) is 3.05. The second-order valence-electron chi connectivity index (χ2n) is 4.90. The van der Waals surface area contributed by atoms with E-state index in [-0.39, 0.29) is 6.61 Å². The van der Waals surface area contributed by atoms with E-state index >= 15 is 0 Å². The number of hydrogen-bond donors (Lipinski definition) is 1. The molecule has 0 fully saturated rings. The Bertz CT molecular complexity index is 568. The number of hydrogen-bond acceptors (Lipinski definition) is 3. The zero-order chi connectivity index (χ0) is 13.1. The third kappa shape index (κ3) is 2.34. The summed E-state index contributed by atoms with van der Waals surface area (Å²) in [6.07, 6.45) is 7.06. The number of pyridine rings is 1.